The molecule has 44 valence electrons. The van der Waals surface area contributed by atoms with Crippen LogP contribution in [-0.2, 0) is 25.1 Å². The van der Waals surface area contributed by atoms with E-state index in [1.54, 1.807) is 0 Å². The van der Waals surface area contributed by atoms with Gasteiger partial charge < -0.3 is 0 Å². The van der Waals surface area contributed by atoms with Crippen LogP contribution in [0.2, 0.25) is 0 Å². The quantitative estimate of drug-likeness (QED) is 0.379. The van der Waals surface area contributed by atoms with Crippen molar-refractivity contribution in [1.29, 1.82) is 0 Å². The Balaban J connectivity index is 4.09. The summed E-state index contributed by atoms with van der Waals surface area (Å²) in [6.45, 7) is 0. The van der Waals surface area contributed by atoms with Crippen LogP contribution in [0.1, 0.15) is 0 Å². The Kier molecular flexibility index (Phi) is 2.44. The molecule has 5 nitrogen and oxygen atoms in total. The summed E-state index contributed by atoms with van der Waals surface area (Å²) in [7, 11) is 0. The molecular formula is H3MoO5P. The van der Waals surface area contributed by atoms with Gasteiger partial charge in [0.25, 0.3) is 0 Å². The van der Waals surface area contributed by atoms with Crippen LogP contribution in [0.3, 0.4) is 0 Å². The molecule has 0 fully saturated rings. The average Bonchev–Trinajstić information content (AvgIpc) is 1.31. The molecule has 3 N–H and O–H groups in total. The third kappa shape index (κ3) is 3.20. The summed E-state index contributed by atoms with van der Waals surface area (Å²) in [6, 6.07) is 0. The van der Waals surface area contributed by atoms with E-state index in [1.807, 2.05) is 0 Å². The maximum absolute atomic E-state index is 9.54. The fraction of sp³-hybridized carbons (Fsp3) is 0. The first-order valence-electron chi connectivity index (χ1n) is 1.11. The minimum atomic E-state index is -4.57. The summed E-state index contributed by atoms with van der Waals surface area (Å²) in [4.78, 5) is 15.4. The summed E-state index contributed by atoms with van der Waals surface area (Å²) in [5, 5.41) is 0. The molecule has 0 saturated heterocycles. The summed E-state index contributed by atoms with van der Waals surface area (Å²) in [6.07, 6.45) is 0. The molecule has 0 aromatic carbocycles. The van der Waals surface area contributed by atoms with E-state index in [0.717, 1.165) is 0 Å². The van der Waals surface area contributed by atoms with Crippen LogP contribution < -0.4 is 0 Å². The average molecular weight is 210 g/mol. The molecule has 0 aromatic rings. The van der Waals surface area contributed by atoms with E-state index in [0.29, 0.717) is 0 Å². The summed E-state index contributed by atoms with van der Waals surface area (Å²) in [5.74, 6) is 0. The standard InChI is InChI=1S/Mo.HO3P.H2O.O/c;1-4(2)3;;/h;(H-,1,2,3);1H2;. The van der Waals surface area contributed by atoms with Crippen molar-refractivity contribution in [2.24, 2.45) is 0 Å². The third-order valence-corrected chi connectivity index (χ3v) is 3.61. The van der Waals surface area contributed by atoms with E-state index in [1.165, 1.54) is 0 Å². The van der Waals surface area contributed by atoms with Crippen molar-refractivity contribution in [3.63, 3.8) is 0 Å². The van der Waals surface area contributed by atoms with Crippen molar-refractivity contribution in [2.75, 3.05) is 0 Å². The number of hydrogen-bond acceptors (Lipinski definition) is 2. The Morgan fingerprint density at radius 1 is 1.43 bits per heavy atom. The first-order valence-corrected chi connectivity index (χ1v) is 7.05. The van der Waals surface area contributed by atoms with Crippen LogP contribution >= 0.6 is 5.69 Å². The zero-order valence-electron chi connectivity index (χ0n) is 3.01. The third-order valence-electron chi connectivity index (χ3n) is 0.203. The van der Waals surface area contributed by atoms with Gasteiger partial charge in [-0.1, -0.05) is 0 Å². The molecule has 0 unspecified atom stereocenters. The van der Waals surface area contributed by atoms with Crippen molar-refractivity contribution < 1.29 is 38.7 Å². The first-order chi connectivity index (χ1) is 2.94. The van der Waals surface area contributed by atoms with E-state index >= 15 is 0 Å². The van der Waals surface area contributed by atoms with Gasteiger partial charge in [0.15, 0.2) is 0 Å². The van der Waals surface area contributed by atoms with Crippen LogP contribution in [0.15, 0.2) is 0 Å². The van der Waals surface area contributed by atoms with Crippen molar-refractivity contribution in [3.05, 3.63) is 0 Å². The van der Waals surface area contributed by atoms with Gasteiger partial charge in [0, 0.05) is 0 Å². The van der Waals surface area contributed by atoms with Crippen molar-refractivity contribution >= 4 is 5.69 Å². The molecule has 0 radical (unpaired) electrons. The molecule has 0 amide bonds. The first kappa shape index (κ1) is 7.60. The van der Waals surface area contributed by atoms with Crippen molar-refractivity contribution in [2.45, 2.75) is 0 Å². The van der Waals surface area contributed by atoms with Crippen LogP contribution in [0.5, 0.6) is 0 Å². The van der Waals surface area contributed by atoms with E-state index in [2.05, 4.69) is 0 Å². The van der Waals surface area contributed by atoms with E-state index in [9.17, 15) is 7.96 Å². The van der Waals surface area contributed by atoms with Gasteiger partial charge in [-0.2, -0.15) is 0 Å². The fourth-order valence-corrected chi connectivity index (χ4v) is 0. The van der Waals surface area contributed by atoms with E-state index < -0.39 is 22.8 Å². The minimum absolute atomic E-state index is 4.20. The molecule has 7 heteroatoms. The van der Waals surface area contributed by atoms with Crippen LogP contribution in [-0.4, -0.2) is 13.5 Å². The molecule has 0 atom stereocenters. The zero-order chi connectivity index (χ0) is 6.08. The topological polar surface area (TPSA) is 94.8 Å². The van der Waals surface area contributed by atoms with Crippen molar-refractivity contribution in [1.82, 2.24) is 0 Å². The second kappa shape index (κ2) is 2.24. The molecular weight excluding hydrogens is 207 g/mol. The van der Waals surface area contributed by atoms with Crippen LogP contribution in [0, 0.1) is 0 Å². The number of rotatable bonds is 1. The second-order valence-electron chi connectivity index (χ2n) is 0.721. The van der Waals surface area contributed by atoms with Gasteiger partial charge in [0.1, 0.15) is 0 Å². The Morgan fingerprint density at radius 2 is 1.57 bits per heavy atom. The van der Waals surface area contributed by atoms with Crippen LogP contribution in [0.4, 0.5) is 0 Å². The van der Waals surface area contributed by atoms with Gasteiger partial charge in [-0.05, 0) is 0 Å². The van der Waals surface area contributed by atoms with Gasteiger partial charge >= 0.3 is 44.3 Å². The molecule has 0 aliphatic carbocycles. The predicted molar refractivity (Wildman–Crippen MR) is 14.9 cm³/mol. The molecule has 0 heterocycles. The molecule has 0 spiro atoms. The molecule has 0 aliphatic heterocycles. The van der Waals surface area contributed by atoms with Gasteiger partial charge in [-0.3, -0.25) is 0 Å². The number of hydrogen-bond donors (Lipinski definition) is 3. The van der Waals surface area contributed by atoms with E-state index in [4.69, 9.17) is 13.5 Å². The maximum atomic E-state index is 9.54. The van der Waals surface area contributed by atoms with Gasteiger partial charge in [-0.15, -0.1) is 0 Å². The summed E-state index contributed by atoms with van der Waals surface area (Å²) in [5.41, 5.74) is -4.57. The Morgan fingerprint density at radius 3 is 1.57 bits per heavy atom. The van der Waals surface area contributed by atoms with Gasteiger partial charge in [0.2, 0.25) is 0 Å². The normalized spacial score (nSPS) is 12.6. The van der Waals surface area contributed by atoms with Crippen molar-refractivity contribution in [3.8, 4) is 0 Å². The molecule has 0 aliphatic rings. The second-order valence-corrected chi connectivity index (χ2v) is 8.19. The fourth-order valence-electron chi connectivity index (χ4n) is 0. The predicted octanol–water partition coefficient (Wildman–Crippen LogP) is -1.05. The summed E-state index contributed by atoms with van der Waals surface area (Å²) < 4.78 is 26.8. The SMILES string of the molecule is [O]=[Mo]([OH])[P](=O)(O)O. The summed E-state index contributed by atoms with van der Waals surface area (Å²) >= 11 is -4.20. The van der Waals surface area contributed by atoms with E-state index in [-0.39, 0.29) is 0 Å². The molecule has 0 bridgehead atoms. The molecule has 0 saturated carbocycles. The zero-order valence-corrected chi connectivity index (χ0v) is 5.92. The van der Waals surface area contributed by atoms with Gasteiger partial charge in [-0.25, -0.2) is 0 Å². The van der Waals surface area contributed by atoms with Gasteiger partial charge in [0.05, 0.1) is 0 Å². The van der Waals surface area contributed by atoms with Crippen LogP contribution in [0.25, 0.3) is 0 Å². The molecule has 7 heavy (non-hydrogen) atoms. The molecule has 0 rings (SSSR count). The molecule has 0 aromatic heterocycles. The monoisotopic (exact) mass is 212 g/mol. The Bertz CT molecular complexity index is 120. The Hall–Kier alpha value is 0.598. The Labute approximate surface area is 44.9 Å².